The number of benzene rings is 3. The Labute approximate surface area is 218 Å². The van der Waals surface area contributed by atoms with Gasteiger partial charge in [0.05, 0.1) is 5.75 Å². The van der Waals surface area contributed by atoms with E-state index in [1.165, 1.54) is 0 Å². The van der Waals surface area contributed by atoms with Crippen LogP contribution in [0.5, 0.6) is 0 Å². The van der Waals surface area contributed by atoms with Gasteiger partial charge in [0.15, 0.2) is 0 Å². The summed E-state index contributed by atoms with van der Waals surface area (Å²) in [5.74, 6) is 0.824. The van der Waals surface area contributed by atoms with Crippen LogP contribution in [0.25, 0.3) is 0 Å². The quantitative estimate of drug-likeness (QED) is 0.320. The van der Waals surface area contributed by atoms with Crippen LogP contribution in [-0.4, -0.2) is 34.6 Å². The summed E-state index contributed by atoms with van der Waals surface area (Å²) in [4.78, 5) is 28.8. The highest BCUT2D eigenvalue weighted by molar-refractivity contribution is 7.99. The molecule has 0 saturated heterocycles. The summed E-state index contributed by atoms with van der Waals surface area (Å²) in [5.41, 5.74) is 3.13. The van der Waals surface area contributed by atoms with Crippen LogP contribution in [0.15, 0.2) is 84.9 Å². The summed E-state index contributed by atoms with van der Waals surface area (Å²) in [7, 11) is 0. The minimum Gasteiger partial charge on any atom is -0.352 e. The molecule has 0 aromatic heterocycles. The summed E-state index contributed by atoms with van der Waals surface area (Å²) in [5, 5.41) is 3.80. The maximum Gasteiger partial charge on any atom is 0.243 e. The molecule has 3 rings (SSSR count). The second-order valence-electron chi connectivity index (χ2n) is 8.65. The predicted octanol–water partition coefficient (Wildman–Crippen LogP) is 6.13. The lowest BCUT2D eigenvalue weighted by atomic mass is 10.0. The number of nitrogens with one attached hydrogen (secondary N) is 1. The predicted molar refractivity (Wildman–Crippen MR) is 146 cm³/mol. The molecule has 6 heteroatoms. The van der Waals surface area contributed by atoms with Crippen molar-refractivity contribution in [2.45, 2.75) is 51.1 Å². The van der Waals surface area contributed by atoms with Crippen molar-refractivity contribution in [3.05, 3.63) is 107 Å². The van der Waals surface area contributed by atoms with Crippen molar-refractivity contribution < 1.29 is 9.59 Å². The first-order valence-corrected chi connectivity index (χ1v) is 13.5. The molecule has 0 radical (unpaired) electrons. The Kier molecular flexibility index (Phi) is 10.7. The van der Waals surface area contributed by atoms with Crippen LogP contribution in [0, 0.1) is 0 Å². The van der Waals surface area contributed by atoms with Crippen molar-refractivity contribution in [1.29, 1.82) is 0 Å². The van der Waals surface area contributed by atoms with E-state index in [0.717, 1.165) is 23.1 Å². The molecule has 0 aliphatic rings. The summed E-state index contributed by atoms with van der Waals surface area (Å²) in [6.45, 7) is 4.41. The smallest absolute Gasteiger partial charge is 0.243 e. The molecule has 184 valence electrons. The third-order valence-corrected chi connectivity index (χ3v) is 7.12. The Morgan fingerprint density at radius 3 is 2.09 bits per heavy atom. The van der Waals surface area contributed by atoms with Crippen LogP contribution >= 0.6 is 23.4 Å². The number of carbonyl (C=O) groups excluding carboxylic acids is 2. The number of nitrogens with zero attached hydrogens (tertiary/aromatic N) is 1. The summed E-state index contributed by atoms with van der Waals surface area (Å²) in [6, 6.07) is 26.8. The second kappa shape index (κ2) is 14.0. The summed E-state index contributed by atoms with van der Waals surface area (Å²) < 4.78 is 0. The van der Waals surface area contributed by atoms with Crippen LogP contribution in [0.1, 0.15) is 37.0 Å². The highest BCUT2D eigenvalue weighted by Crippen LogP contribution is 2.19. The van der Waals surface area contributed by atoms with Gasteiger partial charge < -0.3 is 10.2 Å². The van der Waals surface area contributed by atoms with E-state index >= 15 is 0 Å². The molecule has 0 aliphatic carbocycles. The Balaban J connectivity index is 1.82. The fraction of sp³-hybridized carbons (Fsp3) is 0.310. The maximum absolute atomic E-state index is 13.6. The first-order chi connectivity index (χ1) is 17.0. The molecule has 35 heavy (non-hydrogen) atoms. The van der Waals surface area contributed by atoms with Gasteiger partial charge in [-0.15, -0.1) is 11.8 Å². The van der Waals surface area contributed by atoms with E-state index in [1.54, 1.807) is 16.7 Å². The molecule has 0 saturated carbocycles. The van der Waals surface area contributed by atoms with Crippen molar-refractivity contribution in [3.63, 3.8) is 0 Å². The van der Waals surface area contributed by atoms with E-state index in [4.69, 9.17) is 11.6 Å². The van der Waals surface area contributed by atoms with E-state index in [-0.39, 0.29) is 23.6 Å². The second-order valence-corrected chi connectivity index (χ2v) is 10.1. The van der Waals surface area contributed by atoms with Crippen LogP contribution in [0.3, 0.4) is 0 Å². The van der Waals surface area contributed by atoms with Gasteiger partial charge in [0.25, 0.3) is 0 Å². The molecule has 1 N–H and O–H groups in total. The van der Waals surface area contributed by atoms with Crippen molar-refractivity contribution in [2.24, 2.45) is 0 Å². The molecular weight excluding hydrogens is 476 g/mol. The minimum atomic E-state index is -0.602. The average Bonchev–Trinajstić information content (AvgIpc) is 2.88. The van der Waals surface area contributed by atoms with Gasteiger partial charge in [-0.3, -0.25) is 9.59 Å². The molecule has 0 bridgehead atoms. The van der Waals surface area contributed by atoms with Crippen LogP contribution < -0.4 is 5.32 Å². The molecule has 0 unspecified atom stereocenters. The van der Waals surface area contributed by atoms with E-state index in [2.05, 4.69) is 5.32 Å². The summed E-state index contributed by atoms with van der Waals surface area (Å²) >= 11 is 7.53. The van der Waals surface area contributed by atoms with Crippen molar-refractivity contribution in [3.8, 4) is 0 Å². The number of carbonyl (C=O) groups is 2. The van der Waals surface area contributed by atoms with Gasteiger partial charge in [0.2, 0.25) is 11.8 Å². The molecule has 4 nitrogen and oxygen atoms in total. The van der Waals surface area contributed by atoms with Gasteiger partial charge >= 0.3 is 0 Å². The normalized spacial score (nSPS) is 12.5. The third kappa shape index (κ3) is 8.75. The molecular formula is C29H33ClN2O2S. The van der Waals surface area contributed by atoms with Gasteiger partial charge in [-0.25, -0.2) is 0 Å². The van der Waals surface area contributed by atoms with Gasteiger partial charge in [-0.05, 0) is 42.2 Å². The number of amides is 2. The zero-order valence-corrected chi connectivity index (χ0v) is 21.9. The van der Waals surface area contributed by atoms with Gasteiger partial charge in [-0.2, -0.15) is 0 Å². The Bertz CT molecular complexity index is 1060. The largest absolute Gasteiger partial charge is 0.352 e. The molecule has 0 aliphatic heterocycles. The molecule has 0 spiro atoms. The Morgan fingerprint density at radius 2 is 1.49 bits per heavy atom. The van der Waals surface area contributed by atoms with Crippen LogP contribution in [0.4, 0.5) is 0 Å². The first kappa shape index (κ1) is 26.8. The SMILES string of the molecule is CC[C@H](C)NC(=O)[C@H](Cc1ccccc1)N(Cc1ccccc1)C(=O)CSCc1ccc(Cl)cc1. The number of hydrogen-bond acceptors (Lipinski definition) is 3. The van der Waals surface area contributed by atoms with Crippen LogP contribution in [0.2, 0.25) is 5.02 Å². The number of halogens is 1. The fourth-order valence-corrected chi connectivity index (χ4v) is 4.69. The van der Waals surface area contributed by atoms with Crippen molar-refractivity contribution >= 4 is 35.2 Å². The monoisotopic (exact) mass is 508 g/mol. The molecule has 3 aromatic rings. The zero-order chi connectivity index (χ0) is 25.0. The van der Waals surface area contributed by atoms with Gasteiger partial charge in [-0.1, -0.05) is 91.3 Å². The van der Waals surface area contributed by atoms with E-state index in [1.807, 2.05) is 98.8 Å². The zero-order valence-electron chi connectivity index (χ0n) is 20.3. The lowest BCUT2D eigenvalue weighted by Crippen LogP contribution is -2.52. The highest BCUT2D eigenvalue weighted by atomic mass is 35.5. The van der Waals surface area contributed by atoms with E-state index < -0.39 is 6.04 Å². The molecule has 2 atom stereocenters. The number of rotatable bonds is 12. The highest BCUT2D eigenvalue weighted by Gasteiger charge is 2.30. The fourth-order valence-electron chi connectivity index (χ4n) is 3.69. The standard InChI is InChI=1S/C29H33ClN2O2S/c1-3-22(2)31-29(34)27(18-23-10-6-4-7-11-23)32(19-24-12-8-5-9-13-24)28(33)21-35-20-25-14-16-26(30)17-15-25/h4-17,22,27H,3,18-21H2,1-2H3,(H,31,34)/t22-,27-/m0/s1. The average molecular weight is 509 g/mol. The molecule has 0 fully saturated rings. The topological polar surface area (TPSA) is 49.4 Å². The lowest BCUT2D eigenvalue weighted by Gasteiger charge is -2.32. The molecule has 3 aromatic carbocycles. The Hall–Kier alpha value is -2.76. The summed E-state index contributed by atoms with van der Waals surface area (Å²) in [6.07, 6.45) is 1.29. The van der Waals surface area contributed by atoms with Crippen molar-refractivity contribution in [2.75, 3.05) is 5.75 Å². The lowest BCUT2D eigenvalue weighted by molar-refractivity contribution is -0.139. The molecule has 2 amide bonds. The van der Waals surface area contributed by atoms with Gasteiger partial charge in [0.1, 0.15) is 6.04 Å². The van der Waals surface area contributed by atoms with Crippen LogP contribution in [-0.2, 0) is 28.3 Å². The minimum absolute atomic E-state index is 0.0359. The first-order valence-electron chi connectivity index (χ1n) is 12.0. The number of hydrogen-bond donors (Lipinski definition) is 1. The Morgan fingerprint density at radius 1 is 0.886 bits per heavy atom. The van der Waals surface area contributed by atoms with Gasteiger partial charge in [0, 0.05) is 29.8 Å². The number of thioether (sulfide) groups is 1. The maximum atomic E-state index is 13.6. The third-order valence-electron chi connectivity index (χ3n) is 5.88. The van der Waals surface area contributed by atoms with Crippen molar-refractivity contribution in [1.82, 2.24) is 10.2 Å². The van der Waals surface area contributed by atoms with E-state index in [9.17, 15) is 9.59 Å². The van der Waals surface area contributed by atoms with E-state index in [0.29, 0.717) is 23.7 Å². The molecule has 0 heterocycles.